The molecule has 0 aromatic carbocycles. The van der Waals surface area contributed by atoms with Crippen LogP contribution in [0, 0.1) is 5.92 Å². The average Bonchev–Trinajstić information content (AvgIpc) is 2.68. The van der Waals surface area contributed by atoms with E-state index in [1.54, 1.807) is 0 Å². The molecule has 2 fully saturated rings. The molecule has 1 aliphatic heterocycles. The Kier molecular flexibility index (Phi) is 4.15. The van der Waals surface area contributed by atoms with Crippen molar-refractivity contribution < 1.29 is 9.59 Å². The van der Waals surface area contributed by atoms with E-state index in [0.29, 0.717) is 25.3 Å². The molecule has 1 saturated heterocycles. The van der Waals surface area contributed by atoms with Gasteiger partial charge in [0.25, 0.3) is 0 Å². The molecule has 2 amide bonds. The summed E-state index contributed by atoms with van der Waals surface area (Å²) in [6.45, 7) is 0.568. The van der Waals surface area contributed by atoms with E-state index >= 15 is 0 Å². The highest BCUT2D eigenvalue weighted by Gasteiger charge is 2.33. The standard InChI is InChI=1S/C13H22N2O2/c1-14-11(10-5-3-2-4-6-10)9-15-12(16)7-8-13(15)17/h10-11,14H,2-9H2,1H3. The summed E-state index contributed by atoms with van der Waals surface area (Å²) in [5.74, 6) is 0.632. The lowest BCUT2D eigenvalue weighted by molar-refractivity contribution is -0.139. The minimum absolute atomic E-state index is 0.00561. The van der Waals surface area contributed by atoms with E-state index in [-0.39, 0.29) is 17.9 Å². The van der Waals surface area contributed by atoms with E-state index in [4.69, 9.17) is 0 Å². The van der Waals surface area contributed by atoms with E-state index in [9.17, 15) is 9.59 Å². The molecule has 4 heteroatoms. The van der Waals surface area contributed by atoms with E-state index in [1.165, 1.54) is 37.0 Å². The lowest BCUT2D eigenvalue weighted by Gasteiger charge is -2.32. The normalized spacial score (nSPS) is 24.4. The second-order valence-electron chi connectivity index (χ2n) is 5.19. The summed E-state index contributed by atoms with van der Waals surface area (Å²) >= 11 is 0. The smallest absolute Gasteiger partial charge is 0.229 e. The molecule has 1 N–H and O–H groups in total. The first-order valence-electron chi connectivity index (χ1n) is 6.73. The predicted molar refractivity (Wildman–Crippen MR) is 65.4 cm³/mol. The van der Waals surface area contributed by atoms with Gasteiger partial charge in [0.05, 0.1) is 0 Å². The fourth-order valence-corrected chi connectivity index (χ4v) is 3.04. The summed E-state index contributed by atoms with van der Waals surface area (Å²) in [7, 11) is 1.93. The highest BCUT2D eigenvalue weighted by Crippen LogP contribution is 2.27. The Bertz CT molecular complexity index is 282. The van der Waals surface area contributed by atoms with Gasteiger partial charge in [0.1, 0.15) is 0 Å². The van der Waals surface area contributed by atoms with Crippen LogP contribution >= 0.6 is 0 Å². The molecule has 0 aromatic heterocycles. The molecule has 0 bridgehead atoms. The van der Waals surface area contributed by atoms with Gasteiger partial charge in [0, 0.05) is 25.4 Å². The third-order valence-electron chi connectivity index (χ3n) is 4.12. The fourth-order valence-electron chi connectivity index (χ4n) is 3.04. The van der Waals surface area contributed by atoms with Crippen LogP contribution in [-0.4, -0.2) is 36.3 Å². The lowest BCUT2D eigenvalue weighted by atomic mass is 9.83. The number of carbonyl (C=O) groups is 2. The number of carbonyl (C=O) groups excluding carboxylic acids is 2. The molecule has 1 atom stereocenters. The van der Waals surface area contributed by atoms with Crippen LogP contribution in [0.3, 0.4) is 0 Å². The molecule has 1 unspecified atom stereocenters. The minimum Gasteiger partial charge on any atom is -0.315 e. The van der Waals surface area contributed by atoms with Crippen LogP contribution in [0.1, 0.15) is 44.9 Å². The maximum Gasteiger partial charge on any atom is 0.229 e. The third kappa shape index (κ3) is 2.86. The number of rotatable bonds is 4. The van der Waals surface area contributed by atoms with Gasteiger partial charge in [-0.3, -0.25) is 14.5 Å². The number of imide groups is 1. The van der Waals surface area contributed by atoms with Crippen LogP contribution in [0.4, 0.5) is 0 Å². The maximum atomic E-state index is 11.6. The molecule has 1 aliphatic carbocycles. The number of nitrogens with zero attached hydrogens (tertiary/aromatic N) is 1. The molecule has 1 heterocycles. The van der Waals surface area contributed by atoms with Crippen LogP contribution in [-0.2, 0) is 9.59 Å². The van der Waals surface area contributed by atoms with E-state index in [1.807, 2.05) is 7.05 Å². The number of hydrogen-bond acceptors (Lipinski definition) is 3. The Balaban J connectivity index is 1.94. The Morgan fingerprint density at radius 1 is 1.18 bits per heavy atom. The van der Waals surface area contributed by atoms with E-state index in [0.717, 1.165) is 0 Å². The Hall–Kier alpha value is -0.900. The summed E-state index contributed by atoms with van der Waals surface area (Å²) in [6.07, 6.45) is 7.15. The first-order valence-corrected chi connectivity index (χ1v) is 6.73. The van der Waals surface area contributed by atoms with Gasteiger partial charge in [-0.2, -0.15) is 0 Å². The van der Waals surface area contributed by atoms with Gasteiger partial charge in [-0.25, -0.2) is 0 Å². The maximum absolute atomic E-state index is 11.6. The van der Waals surface area contributed by atoms with E-state index < -0.39 is 0 Å². The second-order valence-corrected chi connectivity index (χ2v) is 5.19. The molecule has 0 aromatic rings. The van der Waals surface area contributed by atoms with Gasteiger partial charge in [0.15, 0.2) is 0 Å². The Labute approximate surface area is 103 Å². The van der Waals surface area contributed by atoms with Crippen LogP contribution in [0.25, 0.3) is 0 Å². The second kappa shape index (κ2) is 5.63. The Morgan fingerprint density at radius 2 is 1.76 bits per heavy atom. The number of amides is 2. The highest BCUT2D eigenvalue weighted by atomic mass is 16.2. The zero-order chi connectivity index (χ0) is 12.3. The summed E-state index contributed by atoms with van der Waals surface area (Å²) in [6, 6.07) is 0.279. The summed E-state index contributed by atoms with van der Waals surface area (Å²) in [5.41, 5.74) is 0. The van der Waals surface area contributed by atoms with Gasteiger partial charge < -0.3 is 5.32 Å². The molecule has 2 rings (SSSR count). The minimum atomic E-state index is 0.00561. The van der Waals surface area contributed by atoms with Crippen molar-refractivity contribution in [1.29, 1.82) is 0 Å². The molecule has 4 nitrogen and oxygen atoms in total. The van der Waals surface area contributed by atoms with Gasteiger partial charge in [0.2, 0.25) is 11.8 Å². The third-order valence-corrected chi connectivity index (χ3v) is 4.12. The number of likely N-dealkylation sites (N-methyl/N-ethyl adjacent to an activating group) is 1. The summed E-state index contributed by atoms with van der Waals surface area (Å²) in [4.78, 5) is 24.6. The highest BCUT2D eigenvalue weighted by molar-refractivity contribution is 6.01. The average molecular weight is 238 g/mol. The van der Waals surface area contributed by atoms with Gasteiger partial charge in [-0.05, 0) is 25.8 Å². The predicted octanol–water partition coefficient (Wildman–Crippen LogP) is 1.30. The topological polar surface area (TPSA) is 49.4 Å². The molecular weight excluding hydrogens is 216 g/mol. The van der Waals surface area contributed by atoms with Crippen molar-refractivity contribution in [1.82, 2.24) is 10.2 Å². The first-order chi connectivity index (χ1) is 8.22. The summed E-state index contributed by atoms with van der Waals surface area (Å²) < 4.78 is 0. The van der Waals surface area contributed by atoms with Crippen molar-refractivity contribution in [3.8, 4) is 0 Å². The van der Waals surface area contributed by atoms with Crippen molar-refractivity contribution >= 4 is 11.8 Å². The number of nitrogens with one attached hydrogen (secondary N) is 1. The van der Waals surface area contributed by atoms with Crippen LogP contribution in [0.5, 0.6) is 0 Å². The van der Waals surface area contributed by atoms with Gasteiger partial charge >= 0.3 is 0 Å². The quantitative estimate of drug-likeness (QED) is 0.751. The van der Waals surface area contributed by atoms with Crippen LogP contribution < -0.4 is 5.32 Å². The van der Waals surface area contributed by atoms with Crippen molar-refractivity contribution in [2.24, 2.45) is 5.92 Å². The van der Waals surface area contributed by atoms with Crippen LogP contribution in [0.2, 0.25) is 0 Å². The van der Waals surface area contributed by atoms with Crippen molar-refractivity contribution in [3.63, 3.8) is 0 Å². The molecule has 1 saturated carbocycles. The number of likely N-dealkylation sites (tertiary alicyclic amines) is 1. The number of hydrogen-bond donors (Lipinski definition) is 1. The van der Waals surface area contributed by atoms with Gasteiger partial charge in [-0.15, -0.1) is 0 Å². The van der Waals surface area contributed by atoms with Crippen molar-refractivity contribution in [2.75, 3.05) is 13.6 Å². The molecule has 96 valence electrons. The molecule has 17 heavy (non-hydrogen) atoms. The zero-order valence-corrected chi connectivity index (χ0v) is 10.6. The molecule has 0 spiro atoms. The van der Waals surface area contributed by atoms with Crippen molar-refractivity contribution in [3.05, 3.63) is 0 Å². The Morgan fingerprint density at radius 3 is 2.29 bits per heavy atom. The fraction of sp³-hybridized carbons (Fsp3) is 0.846. The zero-order valence-electron chi connectivity index (χ0n) is 10.6. The molecular formula is C13H22N2O2. The van der Waals surface area contributed by atoms with Crippen LogP contribution in [0.15, 0.2) is 0 Å². The van der Waals surface area contributed by atoms with E-state index in [2.05, 4.69) is 5.32 Å². The van der Waals surface area contributed by atoms with Gasteiger partial charge in [-0.1, -0.05) is 19.3 Å². The first kappa shape index (κ1) is 12.6. The SMILES string of the molecule is CNC(CN1C(=O)CCC1=O)C1CCCCC1. The molecule has 0 radical (unpaired) electrons. The summed E-state index contributed by atoms with van der Waals surface area (Å²) in [5, 5.41) is 3.29. The monoisotopic (exact) mass is 238 g/mol. The lowest BCUT2D eigenvalue weighted by Crippen LogP contribution is -2.46. The largest absolute Gasteiger partial charge is 0.315 e. The van der Waals surface area contributed by atoms with Crippen molar-refractivity contribution in [2.45, 2.75) is 51.0 Å². The molecule has 2 aliphatic rings.